The van der Waals surface area contributed by atoms with Gasteiger partial charge in [0.15, 0.2) is 0 Å². The highest BCUT2D eigenvalue weighted by Gasteiger charge is 2.43. The first-order valence-corrected chi connectivity index (χ1v) is 9.15. The minimum absolute atomic E-state index is 0.433. The topological polar surface area (TPSA) is 58.4 Å². The molecule has 1 aromatic heterocycles. The summed E-state index contributed by atoms with van der Waals surface area (Å²) in [6.45, 7) is 5.13. The zero-order chi connectivity index (χ0) is 16.4. The van der Waals surface area contributed by atoms with E-state index in [1.54, 1.807) is 18.3 Å². The smallest absolute Gasteiger partial charge is 0.213 e. The van der Waals surface area contributed by atoms with Gasteiger partial charge in [-0.05, 0) is 37.2 Å². The highest BCUT2D eigenvalue weighted by atomic mass is 16.5. The molecule has 4 rings (SSSR count). The number of aromatic nitrogens is 1. The summed E-state index contributed by atoms with van der Waals surface area (Å²) in [6, 6.07) is 5.58. The maximum absolute atomic E-state index is 8.78. The Morgan fingerprint density at radius 3 is 2.96 bits per heavy atom. The third-order valence-corrected chi connectivity index (χ3v) is 5.86. The molecule has 3 fully saturated rings. The average Bonchev–Trinajstić information content (AvgIpc) is 3.13. The van der Waals surface area contributed by atoms with Crippen LogP contribution in [0.2, 0.25) is 0 Å². The van der Waals surface area contributed by atoms with Gasteiger partial charge in [0, 0.05) is 37.8 Å². The molecule has 0 N–H and O–H groups in total. The van der Waals surface area contributed by atoms with E-state index in [1.807, 2.05) is 0 Å². The molecule has 24 heavy (non-hydrogen) atoms. The predicted octanol–water partition coefficient (Wildman–Crippen LogP) is 2.47. The number of rotatable bonds is 6. The van der Waals surface area contributed by atoms with Gasteiger partial charge < -0.3 is 14.4 Å². The van der Waals surface area contributed by atoms with Crippen molar-refractivity contribution in [2.75, 3.05) is 32.8 Å². The minimum Gasteiger partial charge on any atom is -0.478 e. The molecule has 1 saturated carbocycles. The Labute approximate surface area is 143 Å². The molecule has 2 saturated heterocycles. The Kier molecular flexibility index (Phi) is 4.68. The predicted molar refractivity (Wildman–Crippen MR) is 89.6 cm³/mol. The van der Waals surface area contributed by atoms with Gasteiger partial charge in [-0.2, -0.15) is 5.26 Å². The first-order valence-electron chi connectivity index (χ1n) is 9.15. The van der Waals surface area contributed by atoms with E-state index in [9.17, 15) is 0 Å². The zero-order valence-electron chi connectivity index (χ0n) is 14.1. The summed E-state index contributed by atoms with van der Waals surface area (Å²) in [4.78, 5) is 6.78. The lowest BCUT2D eigenvalue weighted by Gasteiger charge is -2.30. The van der Waals surface area contributed by atoms with E-state index in [1.165, 1.54) is 32.4 Å². The molecule has 0 amide bonds. The first kappa shape index (κ1) is 15.9. The molecule has 0 unspecified atom stereocenters. The second-order valence-corrected chi connectivity index (χ2v) is 7.45. The van der Waals surface area contributed by atoms with Crippen molar-refractivity contribution < 1.29 is 9.47 Å². The normalized spacial score (nSPS) is 29.9. The Hall–Kier alpha value is -1.64. The molecule has 1 aliphatic carbocycles. The van der Waals surface area contributed by atoms with E-state index < -0.39 is 0 Å². The summed E-state index contributed by atoms with van der Waals surface area (Å²) in [5.41, 5.74) is 0.562. The van der Waals surface area contributed by atoms with Gasteiger partial charge in [0.2, 0.25) is 5.88 Å². The molecular formula is C19H25N3O2. The van der Waals surface area contributed by atoms with Crippen LogP contribution in [-0.4, -0.2) is 48.8 Å². The van der Waals surface area contributed by atoms with Gasteiger partial charge in [0.05, 0.1) is 24.9 Å². The molecule has 3 heterocycles. The highest BCUT2D eigenvalue weighted by molar-refractivity contribution is 5.28. The van der Waals surface area contributed by atoms with Gasteiger partial charge in [0.1, 0.15) is 6.07 Å². The number of nitriles is 1. The summed E-state index contributed by atoms with van der Waals surface area (Å²) in [5.74, 6) is 2.80. The maximum Gasteiger partial charge on any atom is 0.213 e. The molecule has 0 radical (unpaired) electrons. The quantitative estimate of drug-likeness (QED) is 0.803. The molecule has 0 spiro atoms. The van der Waals surface area contributed by atoms with Crippen LogP contribution in [0.4, 0.5) is 0 Å². The third-order valence-electron chi connectivity index (χ3n) is 5.86. The van der Waals surface area contributed by atoms with Crippen LogP contribution in [0.1, 0.15) is 31.2 Å². The van der Waals surface area contributed by atoms with E-state index in [-0.39, 0.29) is 0 Å². The maximum atomic E-state index is 8.78. The molecule has 2 aliphatic heterocycles. The SMILES string of the molecule is N#Cc1ccc(OCC[C@H]2CO[C@H]3CN(CC4CCC4)C[C@@H]23)nc1. The second-order valence-electron chi connectivity index (χ2n) is 7.45. The molecule has 0 aromatic carbocycles. The second kappa shape index (κ2) is 7.08. The van der Waals surface area contributed by atoms with Crippen LogP contribution in [0, 0.1) is 29.1 Å². The van der Waals surface area contributed by atoms with Crippen molar-refractivity contribution in [2.24, 2.45) is 17.8 Å². The van der Waals surface area contributed by atoms with Crippen molar-refractivity contribution in [2.45, 2.75) is 31.8 Å². The summed E-state index contributed by atoms with van der Waals surface area (Å²) < 4.78 is 11.8. The number of fused-ring (bicyclic) bond motifs is 1. The first-order chi connectivity index (χ1) is 11.8. The fourth-order valence-corrected chi connectivity index (χ4v) is 4.21. The fourth-order valence-electron chi connectivity index (χ4n) is 4.21. The van der Waals surface area contributed by atoms with E-state index in [2.05, 4.69) is 16.0 Å². The Bertz CT molecular complexity index is 594. The standard InChI is InChI=1S/C19H25N3O2/c20-8-15-4-5-19(21-9-15)23-7-6-16-13-24-18-12-22(11-17(16)18)10-14-2-1-3-14/h4-5,9,14,16-18H,1-3,6-7,10-13H2/t16-,17-,18-/m0/s1. The zero-order valence-corrected chi connectivity index (χ0v) is 14.1. The van der Waals surface area contributed by atoms with Crippen LogP contribution in [0.5, 0.6) is 5.88 Å². The van der Waals surface area contributed by atoms with Crippen molar-refractivity contribution in [3.63, 3.8) is 0 Å². The van der Waals surface area contributed by atoms with Gasteiger partial charge >= 0.3 is 0 Å². The number of likely N-dealkylation sites (tertiary alicyclic amines) is 1. The molecule has 5 nitrogen and oxygen atoms in total. The lowest BCUT2D eigenvalue weighted by molar-refractivity contribution is 0.0867. The molecule has 128 valence electrons. The van der Waals surface area contributed by atoms with Gasteiger partial charge in [-0.25, -0.2) is 4.98 Å². The highest BCUT2D eigenvalue weighted by Crippen LogP contribution is 2.37. The molecule has 3 atom stereocenters. The average molecular weight is 327 g/mol. The molecule has 1 aromatic rings. The van der Waals surface area contributed by atoms with Gasteiger partial charge in [0.25, 0.3) is 0 Å². The minimum atomic E-state index is 0.433. The van der Waals surface area contributed by atoms with Crippen molar-refractivity contribution >= 4 is 0 Å². The van der Waals surface area contributed by atoms with Crippen LogP contribution in [0.3, 0.4) is 0 Å². The van der Waals surface area contributed by atoms with E-state index in [4.69, 9.17) is 14.7 Å². The lowest BCUT2D eigenvalue weighted by atomic mass is 9.85. The van der Waals surface area contributed by atoms with Crippen molar-refractivity contribution in [1.82, 2.24) is 9.88 Å². The molecule has 5 heteroatoms. The van der Waals surface area contributed by atoms with Crippen molar-refractivity contribution in [3.05, 3.63) is 23.9 Å². The molecule has 3 aliphatic rings. The Morgan fingerprint density at radius 1 is 1.33 bits per heavy atom. The van der Waals surface area contributed by atoms with E-state index >= 15 is 0 Å². The van der Waals surface area contributed by atoms with E-state index in [0.29, 0.717) is 36.0 Å². The summed E-state index contributed by atoms with van der Waals surface area (Å²) >= 11 is 0. The monoisotopic (exact) mass is 327 g/mol. The van der Waals surface area contributed by atoms with Crippen LogP contribution in [-0.2, 0) is 4.74 Å². The third kappa shape index (κ3) is 3.40. The number of nitrogens with zero attached hydrogens (tertiary/aromatic N) is 3. The molecule has 0 bridgehead atoms. The Morgan fingerprint density at radius 2 is 2.25 bits per heavy atom. The van der Waals surface area contributed by atoms with E-state index in [0.717, 1.165) is 25.5 Å². The number of ether oxygens (including phenoxy) is 2. The number of pyridine rings is 1. The lowest BCUT2D eigenvalue weighted by Crippen LogP contribution is -2.32. The van der Waals surface area contributed by atoms with Crippen LogP contribution in [0.15, 0.2) is 18.3 Å². The number of hydrogen-bond donors (Lipinski definition) is 0. The molecular weight excluding hydrogens is 302 g/mol. The van der Waals surface area contributed by atoms with Crippen molar-refractivity contribution in [1.29, 1.82) is 5.26 Å². The van der Waals surface area contributed by atoms with Crippen LogP contribution in [0.25, 0.3) is 0 Å². The van der Waals surface area contributed by atoms with Gasteiger partial charge in [-0.1, -0.05) is 6.42 Å². The largest absolute Gasteiger partial charge is 0.478 e. The van der Waals surface area contributed by atoms with Crippen LogP contribution >= 0.6 is 0 Å². The van der Waals surface area contributed by atoms with Gasteiger partial charge in [-0.15, -0.1) is 0 Å². The van der Waals surface area contributed by atoms with Gasteiger partial charge in [-0.3, -0.25) is 0 Å². The fraction of sp³-hybridized carbons (Fsp3) is 0.684. The number of hydrogen-bond acceptors (Lipinski definition) is 5. The Balaban J connectivity index is 1.23. The summed E-state index contributed by atoms with van der Waals surface area (Å²) in [7, 11) is 0. The summed E-state index contributed by atoms with van der Waals surface area (Å²) in [5, 5.41) is 8.78. The van der Waals surface area contributed by atoms with Crippen LogP contribution < -0.4 is 4.74 Å². The summed E-state index contributed by atoms with van der Waals surface area (Å²) in [6.07, 6.45) is 7.26. The van der Waals surface area contributed by atoms with Crippen molar-refractivity contribution in [3.8, 4) is 11.9 Å².